The van der Waals surface area contributed by atoms with Gasteiger partial charge in [-0.15, -0.1) is 0 Å². The number of ether oxygens (including phenoxy) is 1. The van der Waals surface area contributed by atoms with Crippen molar-refractivity contribution in [2.24, 2.45) is 5.92 Å². The van der Waals surface area contributed by atoms with Crippen molar-refractivity contribution in [1.82, 2.24) is 5.32 Å². The van der Waals surface area contributed by atoms with Crippen molar-refractivity contribution in [3.05, 3.63) is 34.9 Å². The van der Waals surface area contributed by atoms with E-state index in [1.54, 1.807) is 0 Å². The molecule has 1 atom stereocenters. The summed E-state index contributed by atoms with van der Waals surface area (Å²) in [6.07, 6.45) is 2.08. The SMILES string of the molecule is COC(=O)C(NC1CC(c2cccc(Cl)c2)C1)C(C)C. The molecule has 0 bridgehead atoms. The van der Waals surface area contributed by atoms with Crippen LogP contribution in [0, 0.1) is 5.92 Å². The van der Waals surface area contributed by atoms with Gasteiger partial charge in [-0.1, -0.05) is 37.6 Å². The van der Waals surface area contributed by atoms with Crippen LogP contribution in [0.2, 0.25) is 5.02 Å². The van der Waals surface area contributed by atoms with E-state index in [9.17, 15) is 4.79 Å². The largest absolute Gasteiger partial charge is 0.468 e. The molecule has 0 aliphatic heterocycles. The number of carbonyl (C=O) groups is 1. The number of methoxy groups -OCH3 is 1. The minimum absolute atomic E-state index is 0.175. The minimum atomic E-state index is -0.217. The van der Waals surface area contributed by atoms with Crippen LogP contribution in [0.1, 0.15) is 38.2 Å². The number of rotatable bonds is 5. The van der Waals surface area contributed by atoms with E-state index in [0.717, 1.165) is 17.9 Å². The van der Waals surface area contributed by atoms with Crippen LogP contribution in [-0.4, -0.2) is 25.2 Å². The van der Waals surface area contributed by atoms with E-state index in [0.29, 0.717) is 12.0 Å². The fourth-order valence-corrected chi connectivity index (χ4v) is 2.90. The summed E-state index contributed by atoms with van der Waals surface area (Å²) < 4.78 is 4.85. The summed E-state index contributed by atoms with van der Waals surface area (Å²) in [5, 5.41) is 4.20. The first kappa shape index (κ1) is 15.3. The van der Waals surface area contributed by atoms with Crippen LogP contribution >= 0.6 is 11.6 Å². The van der Waals surface area contributed by atoms with Gasteiger partial charge in [0.15, 0.2) is 0 Å². The molecular weight excluding hydrogens is 274 g/mol. The molecule has 110 valence electrons. The highest BCUT2D eigenvalue weighted by Gasteiger charge is 2.34. The number of benzene rings is 1. The van der Waals surface area contributed by atoms with Crippen LogP contribution in [0.3, 0.4) is 0 Å². The molecule has 0 spiro atoms. The molecular formula is C16H22ClNO2. The fraction of sp³-hybridized carbons (Fsp3) is 0.562. The maximum absolute atomic E-state index is 11.7. The maximum atomic E-state index is 11.7. The van der Waals surface area contributed by atoms with Gasteiger partial charge in [0, 0.05) is 11.1 Å². The molecule has 1 unspecified atom stereocenters. The van der Waals surface area contributed by atoms with Gasteiger partial charge in [0.1, 0.15) is 6.04 Å². The number of nitrogens with one attached hydrogen (secondary N) is 1. The van der Waals surface area contributed by atoms with Gasteiger partial charge in [-0.3, -0.25) is 4.79 Å². The van der Waals surface area contributed by atoms with Gasteiger partial charge in [-0.25, -0.2) is 0 Å². The van der Waals surface area contributed by atoms with Crippen molar-refractivity contribution >= 4 is 17.6 Å². The van der Waals surface area contributed by atoms with Crippen molar-refractivity contribution in [1.29, 1.82) is 0 Å². The number of carbonyl (C=O) groups excluding carboxylic acids is 1. The Bertz CT molecular complexity index is 469. The minimum Gasteiger partial charge on any atom is -0.468 e. The highest BCUT2D eigenvalue weighted by atomic mass is 35.5. The Hall–Kier alpha value is -1.06. The third-order valence-corrected chi connectivity index (χ3v) is 4.23. The topological polar surface area (TPSA) is 38.3 Å². The van der Waals surface area contributed by atoms with Gasteiger partial charge in [-0.05, 0) is 42.4 Å². The molecule has 1 N–H and O–H groups in total. The molecule has 0 saturated heterocycles. The standard InChI is InChI=1S/C16H22ClNO2/c1-10(2)15(16(19)20-3)18-14-8-12(9-14)11-5-4-6-13(17)7-11/h4-7,10,12,14-15,18H,8-9H2,1-3H3. The zero-order valence-corrected chi connectivity index (χ0v) is 13.0. The summed E-state index contributed by atoms with van der Waals surface area (Å²) in [6, 6.07) is 8.20. The zero-order chi connectivity index (χ0) is 14.7. The number of hydrogen-bond donors (Lipinski definition) is 1. The Morgan fingerprint density at radius 3 is 2.65 bits per heavy atom. The second kappa shape index (κ2) is 6.59. The Kier molecular flexibility index (Phi) is 5.06. The molecule has 3 nitrogen and oxygen atoms in total. The first-order valence-electron chi connectivity index (χ1n) is 7.10. The first-order chi connectivity index (χ1) is 9.51. The Morgan fingerprint density at radius 1 is 1.40 bits per heavy atom. The lowest BCUT2D eigenvalue weighted by atomic mass is 9.75. The van der Waals surface area contributed by atoms with Gasteiger partial charge in [0.05, 0.1) is 7.11 Å². The fourth-order valence-electron chi connectivity index (χ4n) is 2.70. The van der Waals surface area contributed by atoms with E-state index in [1.807, 2.05) is 32.0 Å². The zero-order valence-electron chi connectivity index (χ0n) is 12.2. The van der Waals surface area contributed by atoms with E-state index < -0.39 is 0 Å². The van der Waals surface area contributed by atoms with Crippen molar-refractivity contribution < 1.29 is 9.53 Å². The molecule has 1 aromatic carbocycles. The van der Waals surface area contributed by atoms with E-state index in [4.69, 9.17) is 16.3 Å². The van der Waals surface area contributed by atoms with Crippen LogP contribution in [-0.2, 0) is 9.53 Å². The summed E-state index contributed by atoms with van der Waals surface area (Å²) in [7, 11) is 1.44. The monoisotopic (exact) mass is 295 g/mol. The average Bonchev–Trinajstić information content (AvgIpc) is 2.36. The number of esters is 1. The van der Waals surface area contributed by atoms with Crippen molar-refractivity contribution in [3.63, 3.8) is 0 Å². The summed E-state index contributed by atoms with van der Waals surface area (Å²) in [5.41, 5.74) is 1.29. The average molecular weight is 296 g/mol. The Labute approximate surface area is 125 Å². The van der Waals surface area contributed by atoms with Crippen LogP contribution < -0.4 is 5.32 Å². The molecule has 1 aliphatic carbocycles. The van der Waals surface area contributed by atoms with Gasteiger partial charge >= 0.3 is 5.97 Å². The molecule has 1 aromatic rings. The lowest BCUT2D eigenvalue weighted by Crippen LogP contribution is -2.51. The highest BCUT2D eigenvalue weighted by molar-refractivity contribution is 6.30. The smallest absolute Gasteiger partial charge is 0.323 e. The molecule has 1 saturated carbocycles. The van der Waals surface area contributed by atoms with Crippen molar-refractivity contribution in [2.75, 3.05) is 7.11 Å². The molecule has 4 heteroatoms. The predicted molar refractivity (Wildman–Crippen MR) is 81.0 cm³/mol. The lowest BCUT2D eigenvalue weighted by molar-refractivity contribution is -0.144. The third-order valence-electron chi connectivity index (χ3n) is 4.00. The number of hydrogen-bond acceptors (Lipinski definition) is 3. The van der Waals surface area contributed by atoms with E-state index in [-0.39, 0.29) is 17.9 Å². The lowest BCUT2D eigenvalue weighted by Gasteiger charge is -2.39. The summed E-state index contributed by atoms with van der Waals surface area (Å²) >= 11 is 6.02. The van der Waals surface area contributed by atoms with Gasteiger partial charge in [0.25, 0.3) is 0 Å². The van der Waals surface area contributed by atoms with Crippen molar-refractivity contribution in [3.8, 4) is 0 Å². The van der Waals surface area contributed by atoms with Crippen LogP contribution in [0.5, 0.6) is 0 Å². The molecule has 0 radical (unpaired) electrons. The molecule has 1 fully saturated rings. The quantitative estimate of drug-likeness (QED) is 0.847. The van der Waals surface area contributed by atoms with Gasteiger partial charge in [0.2, 0.25) is 0 Å². The predicted octanol–water partition coefficient (Wildman–Crippen LogP) is 3.37. The Morgan fingerprint density at radius 2 is 2.10 bits per heavy atom. The van der Waals surface area contributed by atoms with Gasteiger partial charge in [-0.2, -0.15) is 0 Å². The van der Waals surface area contributed by atoms with E-state index in [1.165, 1.54) is 12.7 Å². The highest BCUT2D eigenvalue weighted by Crippen LogP contribution is 2.38. The molecule has 1 aliphatic rings. The maximum Gasteiger partial charge on any atom is 0.323 e. The summed E-state index contributed by atoms with van der Waals surface area (Å²) in [4.78, 5) is 11.7. The van der Waals surface area contributed by atoms with E-state index in [2.05, 4.69) is 11.4 Å². The normalized spacial score (nSPS) is 23.2. The molecule has 20 heavy (non-hydrogen) atoms. The first-order valence-corrected chi connectivity index (χ1v) is 7.48. The summed E-state index contributed by atoms with van der Waals surface area (Å²) in [6.45, 7) is 4.06. The molecule has 0 aromatic heterocycles. The second-order valence-corrected chi connectivity index (χ2v) is 6.27. The molecule has 0 heterocycles. The third kappa shape index (κ3) is 3.53. The van der Waals surface area contributed by atoms with Crippen LogP contribution in [0.15, 0.2) is 24.3 Å². The van der Waals surface area contributed by atoms with Crippen molar-refractivity contribution in [2.45, 2.75) is 44.7 Å². The van der Waals surface area contributed by atoms with Crippen LogP contribution in [0.25, 0.3) is 0 Å². The van der Waals surface area contributed by atoms with E-state index >= 15 is 0 Å². The van der Waals surface area contributed by atoms with Gasteiger partial charge < -0.3 is 10.1 Å². The van der Waals surface area contributed by atoms with Crippen LogP contribution in [0.4, 0.5) is 0 Å². The summed E-state index contributed by atoms with van der Waals surface area (Å²) in [5.74, 6) is 0.593. The number of halogens is 1. The second-order valence-electron chi connectivity index (χ2n) is 5.83. The molecule has 0 amide bonds. The molecule has 2 rings (SSSR count). The Balaban J connectivity index is 1.88.